The maximum Gasteiger partial charge on any atom is 0.328 e. The molecule has 0 aromatic heterocycles. The van der Waals surface area contributed by atoms with Crippen LogP contribution in [0.15, 0.2) is 24.3 Å². The molecule has 102 valence electrons. The van der Waals surface area contributed by atoms with Gasteiger partial charge < -0.3 is 14.9 Å². The third-order valence-corrected chi connectivity index (χ3v) is 3.43. The number of anilines is 1. The summed E-state index contributed by atoms with van der Waals surface area (Å²) < 4.78 is 0. The molecule has 1 N–H and O–H groups in total. The second-order valence-corrected chi connectivity index (χ2v) is 5.02. The fourth-order valence-corrected chi connectivity index (χ4v) is 2.30. The molecule has 19 heavy (non-hydrogen) atoms. The first-order valence-corrected chi connectivity index (χ1v) is 6.51. The van der Waals surface area contributed by atoms with Crippen LogP contribution in [0.3, 0.4) is 0 Å². The van der Waals surface area contributed by atoms with Gasteiger partial charge in [-0.2, -0.15) is 0 Å². The summed E-state index contributed by atoms with van der Waals surface area (Å²) in [4.78, 5) is 15.3. The van der Waals surface area contributed by atoms with Gasteiger partial charge in [0.2, 0.25) is 0 Å². The van der Waals surface area contributed by atoms with Crippen molar-refractivity contribution in [1.82, 2.24) is 4.90 Å². The van der Waals surface area contributed by atoms with Crippen molar-refractivity contribution in [2.24, 2.45) is 0 Å². The first-order chi connectivity index (χ1) is 9.06. The summed E-state index contributed by atoms with van der Waals surface area (Å²) in [5.41, 5.74) is 3.24. The molecule has 0 unspecified atom stereocenters. The molecule has 0 amide bonds. The van der Waals surface area contributed by atoms with Crippen molar-refractivity contribution in [3.8, 4) is 0 Å². The lowest BCUT2D eigenvalue weighted by Crippen LogP contribution is -2.44. The lowest BCUT2D eigenvalue weighted by Gasteiger charge is -2.35. The monoisotopic (exact) mass is 260 g/mol. The number of carboxylic acids is 1. The van der Waals surface area contributed by atoms with Crippen LogP contribution in [0.5, 0.6) is 0 Å². The van der Waals surface area contributed by atoms with Crippen molar-refractivity contribution in [3.05, 3.63) is 35.4 Å². The number of aliphatic carboxylic acids is 1. The average Bonchev–Trinajstić information content (AvgIpc) is 2.38. The average molecular weight is 260 g/mol. The smallest absolute Gasteiger partial charge is 0.328 e. The van der Waals surface area contributed by atoms with Gasteiger partial charge in [0, 0.05) is 37.9 Å². The van der Waals surface area contributed by atoms with Crippen LogP contribution in [-0.4, -0.2) is 49.2 Å². The molecular weight excluding hydrogens is 240 g/mol. The van der Waals surface area contributed by atoms with Crippen molar-refractivity contribution in [3.63, 3.8) is 0 Å². The van der Waals surface area contributed by atoms with Crippen LogP contribution in [0.25, 0.3) is 6.08 Å². The fraction of sp³-hybridized carbons (Fsp3) is 0.400. The zero-order valence-electron chi connectivity index (χ0n) is 11.5. The Hall–Kier alpha value is -1.81. The first kappa shape index (κ1) is 13.6. The lowest BCUT2D eigenvalue weighted by molar-refractivity contribution is -0.131. The molecule has 0 radical (unpaired) electrons. The molecule has 0 bridgehead atoms. The van der Waals surface area contributed by atoms with Crippen LogP contribution in [0, 0.1) is 6.92 Å². The van der Waals surface area contributed by atoms with Crippen LogP contribution >= 0.6 is 0 Å². The molecule has 0 aliphatic carbocycles. The van der Waals surface area contributed by atoms with Crippen molar-refractivity contribution >= 4 is 17.7 Å². The second kappa shape index (κ2) is 5.89. The van der Waals surface area contributed by atoms with E-state index < -0.39 is 5.97 Å². The Morgan fingerprint density at radius 3 is 2.58 bits per heavy atom. The molecule has 1 heterocycles. The summed E-state index contributed by atoms with van der Waals surface area (Å²) in [7, 11) is 2.12. The number of likely N-dealkylation sites (N-methyl/N-ethyl adjacent to an activating group) is 1. The second-order valence-electron chi connectivity index (χ2n) is 5.02. The highest BCUT2D eigenvalue weighted by atomic mass is 16.4. The van der Waals surface area contributed by atoms with E-state index in [1.807, 2.05) is 13.0 Å². The van der Waals surface area contributed by atoms with Crippen LogP contribution in [0.1, 0.15) is 11.1 Å². The SMILES string of the molecule is Cc1ccc(N2CCN(C)CC2)c(/C=C/C(=O)O)c1. The molecule has 4 nitrogen and oxygen atoms in total. The van der Waals surface area contributed by atoms with E-state index >= 15 is 0 Å². The van der Waals surface area contributed by atoms with Crippen molar-refractivity contribution in [2.45, 2.75) is 6.92 Å². The molecule has 0 saturated carbocycles. The molecule has 4 heteroatoms. The summed E-state index contributed by atoms with van der Waals surface area (Å²) in [6, 6.07) is 6.20. The number of benzene rings is 1. The fourth-order valence-electron chi connectivity index (χ4n) is 2.30. The predicted octanol–water partition coefficient (Wildman–Crippen LogP) is 1.84. The van der Waals surface area contributed by atoms with Gasteiger partial charge in [-0.05, 0) is 37.7 Å². The number of hydrogen-bond donors (Lipinski definition) is 1. The highest BCUT2D eigenvalue weighted by molar-refractivity contribution is 5.87. The molecule has 1 saturated heterocycles. The lowest BCUT2D eigenvalue weighted by atomic mass is 10.1. The summed E-state index contributed by atoms with van der Waals surface area (Å²) >= 11 is 0. The van der Waals surface area contributed by atoms with Crippen molar-refractivity contribution < 1.29 is 9.90 Å². The van der Waals surface area contributed by atoms with Crippen LogP contribution in [0.2, 0.25) is 0 Å². The highest BCUT2D eigenvalue weighted by Crippen LogP contribution is 2.24. The molecular formula is C15H20N2O2. The molecule has 1 aliphatic rings. The minimum atomic E-state index is -0.911. The summed E-state index contributed by atoms with van der Waals surface area (Å²) in [5, 5.41) is 8.77. The minimum Gasteiger partial charge on any atom is -0.478 e. The van der Waals surface area contributed by atoms with Crippen LogP contribution in [-0.2, 0) is 4.79 Å². The topological polar surface area (TPSA) is 43.8 Å². The van der Waals surface area contributed by atoms with Gasteiger partial charge in [-0.15, -0.1) is 0 Å². The highest BCUT2D eigenvalue weighted by Gasteiger charge is 2.16. The van der Waals surface area contributed by atoms with E-state index in [9.17, 15) is 4.79 Å². The number of carboxylic acid groups (broad SMARTS) is 1. The van der Waals surface area contributed by atoms with Gasteiger partial charge in [0.25, 0.3) is 0 Å². The molecule has 0 spiro atoms. The first-order valence-electron chi connectivity index (χ1n) is 6.51. The Bertz CT molecular complexity index is 489. The standard InChI is InChI=1S/C15H20N2O2/c1-12-3-5-14(13(11-12)4-6-15(18)19)17-9-7-16(2)8-10-17/h3-6,11H,7-10H2,1-2H3,(H,18,19)/b6-4+. The number of carbonyl (C=O) groups is 1. The Labute approximate surface area is 113 Å². The molecule has 1 aromatic rings. The normalized spacial score (nSPS) is 17.1. The third kappa shape index (κ3) is 3.58. The third-order valence-electron chi connectivity index (χ3n) is 3.43. The zero-order chi connectivity index (χ0) is 13.8. The largest absolute Gasteiger partial charge is 0.478 e. The van der Waals surface area contributed by atoms with Gasteiger partial charge >= 0.3 is 5.97 Å². The number of hydrogen-bond acceptors (Lipinski definition) is 3. The van der Waals surface area contributed by atoms with E-state index in [0.717, 1.165) is 43.0 Å². The molecule has 1 aliphatic heterocycles. The van der Waals surface area contributed by atoms with Gasteiger partial charge in [0.15, 0.2) is 0 Å². The van der Waals surface area contributed by atoms with Gasteiger partial charge in [-0.25, -0.2) is 4.79 Å². The number of aryl methyl sites for hydroxylation is 1. The molecule has 2 rings (SSSR count). The quantitative estimate of drug-likeness (QED) is 0.842. The number of piperazine rings is 1. The summed E-state index contributed by atoms with van der Waals surface area (Å²) in [6.07, 6.45) is 2.89. The Balaban J connectivity index is 2.26. The summed E-state index contributed by atoms with van der Waals surface area (Å²) in [6.45, 7) is 6.05. The van der Waals surface area contributed by atoms with Crippen LogP contribution in [0.4, 0.5) is 5.69 Å². The van der Waals surface area contributed by atoms with Crippen molar-refractivity contribution in [2.75, 3.05) is 38.1 Å². The van der Waals surface area contributed by atoms with Gasteiger partial charge in [0.05, 0.1) is 0 Å². The van der Waals surface area contributed by atoms with E-state index in [4.69, 9.17) is 5.11 Å². The van der Waals surface area contributed by atoms with Gasteiger partial charge in [-0.1, -0.05) is 11.6 Å². The zero-order valence-corrected chi connectivity index (χ0v) is 11.5. The number of nitrogens with zero attached hydrogens (tertiary/aromatic N) is 2. The van der Waals surface area contributed by atoms with E-state index in [-0.39, 0.29) is 0 Å². The van der Waals surface area contributed by atoms with Gasteiger partial charge in [0.1, 0.15) is 0 Å². The molecule has 1 fully saturated rings. The predicted molar refractivity (Wildman–Crippen MR) is 77.6 cm³/mol. The maximum atomic E-state index is 10.7. The van der Waals surface area contributed by atoms with E-state index in [1.165, 1.54) is 6.08 Å². The summed E-state index contributed by atoms with van der Waals surface area (Å²) in [5.74, 6) is -0.911. The number of rotatable bonds is 3. The Morgan fingerprint density at radius 1 is 1.26 bits per heavy atom. The van der Waals surface area contributed by atoms with Crippen molar-refractivity contribution in [1.29, 1.82) is 0 Å². The van der Waals surface area contributed by atoms with Gasteiger partial charge in [-0.3, -0.25) is 0 Å². The Morgan fingerprint density at radius 2 is 1.95 bits per heavy atom. The Kier molecular flexibility index (Phi) is 4.22. The van der Waals surface area contributed by atoms with E-state index in [1.54, 1.807) is 6.08 Å². The molecule has 0 atom stereocenters. The van der Waals surface area contributed by atoms with E-state index in [0.29, 0.717) is 0 Å². The maximum absolute atomic E-state index is 10.7. The van der Waals surface area contributed by atoms with Crippen LogP contribution < -0.4 is 4.90 Å². The van der Waals surface area contributed by atoms with E-state index in [2.05, 4.69) is 29.0 Å². The molecule has 1 aromatic carbocycles. The minimum absolute atomic E-state index is 0.911.